The van der Waals surface area contributed by atoms with Crippen LogP contribution < -0.4 is 15.4 Å². The molecule has 1 saturated carbocycles. The molecule has 1 aromatic rings. The number of esters is 1. The first-order chi connectivity index (χ1) is 12.3. The number of carbonyl (C=O) groups is 3. The third-order valence-electron chi connectivity index (χ3n) is 4.07. The molecule has 2 rings (SSSR count). The van der Waals surface area contributed by atoms with Crippen molar-refractivity contribution in [3.05, 3.63) is 28.3 Å². The predicted octanol–water partition coefficient (Wildman–Crippen LogP) is 2.65. The highest BCUT2D eigenvalue weighted by atomic mass is 35.5. The molecule has 1 aliphatic rings. The number of hydrogen-bond donors (Lipinski definition) is 2. The monoisotopic (exact) mass is 382 g/mol. The summed E-state index contributed by atoms with van der Waals surface area (Å²) in [5, 5.41) is 5.44. The molecule has 7 nitrogen and oxygen atoms in total. The van der Waals surface area contributed by atoms with E-state index in [2.05, 4.69) is 10.6 Å². The minimum absolute atomic E-state index is 0.101. The molecule has 1 fully saturated rings. The van der Waals surface area contributed by atoms with Crippen molar-refractivity contribution in [1.29, 1.82) is 0 Å². The summed E-state index contributed by atoms with van der Waals surface area (Å²) in [5.74, 6) is -0.843. The molecule has 0 aliphatic heterocycles. The largest absolute Gasteiger partial charge is 0.481 e. The number of hydrogen-bond acceptors (Lipinski definition) is 5. The van der Waals surface area contributed by atoms with Crippen molar-refractivity contribution in [2.45, 2.75) is 45.6 Å². The Morgan fingerprint density at radius 3 is 2.35 bits per heavy atom. The van der Waals surface area contributed by atoms with Gasteiger partial charge in [-0.1, -0.05) is 24.4 Å². The zero-order valence-corrected chi connectivity index (χ0v) is 15.6. The van der Waals surface area contributed by atoms with Crippen LogP contribution >= 0.6 is 11.6 Å². The van der Waals surface area contributed by atoms with E-state index in [0.29, 0.717) is 10.8 Å². The number of benzene rings is 1. The molecular weight excluding hydrogens is 360 g/mol. The standard InChI is InChI=1S/C18H23ClN2O5/c1-11-7-13(19)8-12(2)17(11)26-10-16(23)25-9-15(22)21-18(24)20-14-5-3-4-6-14/h7-8,14H,3-6,9-10H2,1-2H3,(H2,20,21,22,24). The van der Waals surface area contributed by atoms with Crippen LogP contribution in [-0.4, -0.2) is 37.2 Å². The van der Waals surface area contributed by atoms with Crippen LogP contribution in [0, 0.1) is 13.8 Å². The van der Waals surface area contributed by atoms with Gasteiger partial charge >= 0.3 is 12.0 Å². The molecule has 0 spiro atoms. The van der Waals surface area contributed by atoms with Crippen LogP contribution in [0.3, 0.4) is 0 Å². The summed E-state index contributed by atoms with van der Waals surface area (Å²) in [6.07, 6.45) is 3.97. The summed E-state index contributed by atoms with van der Waals surface area (Å²) in [5.41, 5.74) is 1.59. The molecule has 0 bridgehead atoms. The van der Waals surface area contributed by atoms with E-state index < -0.39 is 24.5 Å². The first kappa shape index (κ1) is 20.0. The Labute approximate surface area is 157 Å². The number of ether oxygens (including phenoxy) is 2. The van der Waals surface area contributed by atoms with Crippen molar-refractivity contribution in [3.63, 3.8) is 0 Å². The van der Waals surface area contributed by atoms with Gasteiger partial charge in [0.25, 0.3) is 5.91 Å². The minimum Gasteiger partial charge on any atom is -0.481 e. The van der Waals surface area contributed by atoms with E-state index in [1.54, 1.807) is 12.1 Å². The van der Waals surface area contributed by atoms with E-state index in [1.165, 1.54) is 0 Å². The molecule has 0 aromatic heterocycles. The van der Waals surface area contributed by atoms with Crippen molar-refractivity contribution in [2.75, 3.05) is 13.2 Å². The lowest BCUT2D eigenvalue weighted by Crippen LogP contribution is -2.45. The van der Waals surface area contributed by atoms with Crippen LogP contribution in [0.1, 0.15) is 36.8 Å². The molecule has 0 saturated heterocycles. The molecule has 0 heterocycles. The molecule has 0 unspecified atom stereocenters. The molecule has 8 heteroatoms. The maximum absolute atomic E-state index is 11.7. The fourth-order valence-electron chi connectivity index (χ4n) is 2.90. The van der Waals surface area contributed by atoms with Gasteiger partial charge < -0.3 is 14.8 Å². The van der Waals surface area contributed by atoms with Crippen molar-refractivity contribution < 1.29 is 23.9 Å². The molecule has 3 amide bonds. The van der Waals surface area contributed by atoms with E-state index in [-0.39, 0.29) is 12.6 Å². The molecule has 2 N–H and O–H groups in total. The second kappa shape index (κ2) is 9.43. The maximum atomic E-state index is 11.7. The lowest BCUT2D eigenvalue weighted by atomic mass is 10.1. The van der Waals surface area contributed by atoms with E-state index in [0.717, 1.165) is 36.8 Å². The zero-order chi connectivity index (χ0) is 19.1. The number of aryl methyl sites for hydroxylation is 2. The number of amides is 3. The number of carbonyl (C=O) groups excluding carboxylic acids is 3. The van der Waals surface area contributed by atoms with E-state index in [9.17, 15) is 14.4 Å². The molecule has 1 aliphatic carbocycles. The normalized spacial score (nSPS) is 14.0. The fourth-order valence-corrected chi connectivity index (χ4v) is 3.23. The highest BCUT2D eigenvalue weighted by Gasteiger charge is 2.18. The summed E-state index contributed by atoms with van der Waals surface area (Å²) in [4.78, 5) is 35.0. The lowest BCUT2D eigenvalue weighted by molar-refractivity contribution is -0.150. The lowest BCUT2D eigenvalue weighted by Gasteiger charge is -2.13. The number of urea groups is 1. The molecule has 1 aromatic carbocycles. The fraction of sp³-hybridized carbons (Fsp3) is 0.500. The quantitative estimate of drug-likeness (QED) is 0.738. The summed E-state index contributed by atoms with van der Waals surface area (Å²) in [6.45, 7) is 2.75. The summed E-state index contributed by atoms with van der Waals surface area (Å²) < 4.78 is 10.3. The van der Waals surface area contributed by atoms with Gasteiger partial charge in [-0.15, -0.1) is 0 Å². The van der Waals surface area contributed by atoms with E-state index in [4.69, 9.17) is 21.1 Å². The van der Waals surface area contributed by atoms with Crippen LogP contribution in [-0.2, 0) is 14.3 Å². The van der Waals surface area contributed by atoms with Crippen LogP contribution in [0.5, 0.6) is 5.75 Å². The van der Waals surface area contributed by atoms with Gasteiger partial charge in [0.2, 0.25) is 0 Å². The highest BCUT2D eigenvalue weighted by Crippen LogP contribution is 2.26. The van der Waals surface area contributed by atoms with Gasteiger partial charge in [0.15, 0.2) is 13.2 Å². The molecular formula is C18H23ClN2O5. The van der Waals surface area contributed by atoms with Crippen LogP contribution in [0.2, 0.25) is 5.02 Å². The van der Waals surface area contributed by atoms with Gasteiger partial charge in [0, 0.05) is 11.1 Å². The van der Waals surface area contributed by atoms with Gasteiger partial charge in [0.1, 0.15) is 5.75 Å². The number of halogens is 1. The van der Waals surface area contributed by atoms with Crippen molar-refractivity contribution in [3.8, 4) is 5.75 Å². The van der Waals surface area contributed by atoms with Crippen LogP contribution in [0.15, 0.2) is 12.1 Å². The summed E-state index contributed by atoms with van der Waals surface area (Å²) >= 11 is 5.94. The molecule has 0 radical (unpaired) electrons. The van der Waals surface area contributed by atoms with Gasteiger partial charge in [-0.2, -0.15) is 0 Å². The second-order valence-electron chi connectivity index (χ2n) is 6.32. The first-order valence-electron chi connectivity index (χ1n) is 8.50. The van der Waals surface area contributed by atoms with E-state index in [1.807, 2.05) is 13.8 Å². The first-order valence-corrected chi connectivity index (χ1v) is 8.88. The molecule has 0 atom stereocenters. The Morgan fingerprint density at radius 2 is 1.73 bits per heavy atom. The third kappa shape index (κ3) is 6.22. The zero-order valence-electron chi connectivity index (χ0n) is 14.9. The minimum atomic E-state index is -0.704. The van der Waals surface area contributed by atoms with Crippen molar-refractivity contribution in [2.24, 2.45) is 0 Å². The van der Waals surface area contributed by atoms with Crippen molar-refractivity contribution in [1.82, 2.24) is 10.6 Å². The van der Waals surface area contributed by atoms with Gasteiger partial charge in [-0.25, -0.2) is 9.59 Å². The number of nitrogens with one attached hydrogen (secondary N) is 2. The van der Waals surface area contributed by atoms with Crippen LogP contribution in [0.4, 0.5) is 4.79 Å². The summed E-state index contributed by atoms with van der Waals surface area (Å²) in [7, 11) is 0. The topological polar surface area (TPSA) is 93.7 Å². The maximum Gasteiger partial charge on any atom is 0.344 e. The Hall–Kier alpha value is -2.28. The number of imide groups is 1. The Balaban J connectivity index is 1.69. The second-order valence-corrected chi connectivity index (χ2v) is 6.76. The van der Waals surface area contributed by atoms with Crippen molar-refractivity contribution >= 4 is 29.5 Å². The summed E-state index contributed by atoms with van der Waals surface area (Å²) in [6, 6.07) is 2.99. The average molecular weight is 383 g/mol. The van der Waals surface area contributed by atoms with Gasteiger partial charge in [-0.05, 0) is 49.9 Å². The predicted molar refractivity (Wildman–Crippen MR) is 96.3 cm³/mol. The highest BCUT2D eigenvalue weighted by molar-refractivity contribution is 6.30. The SMILES string of the molecule is Cc1cc(Cl)cc(C)c1OCC(=O)OCC(=O)NC(=O)NC1CCCC1. The Morgan fingerprint density at radius 1 is 1.12 bits per heavy atom. The average Bonchev–Trinajstić information content (AvgIpc) is 3.04. The van der Waals surface area contributed by atoms with E-state index >= 15 is 0 Å². The Bertz CT molecular complexity index is 663. The molecule has 142 valence electrons. The van der Waals surface area contributed by atoms with Gasteiger partial charge in [0.05, 0.1) is 0 Å². The van der Waals surface area contributed by atoms with Crippen LogP contribution in [0.25, 0.3) is 0 Å². The molecule has 26 heavy (non-hydrogen) atoms. The number of rotatable bonds is 6. The van der Waals surface area contributed by atoms with Gasteiger partial charge in [-0.3, -0.25) is 10.1 Å². The third-order valence-corrected chi connectivity index (χ3v) is 4.29. The Kier molecular flexibility index (Phi) is 7.26. The smallest absolute Gasteiger partial charge is 0.344 e.